The minimum Gasteiger partial charge on any atom is -0.447 e. The number of hydrogen-bond acceptors (Lipinski definition) is 3. The normalized spacial score (nSPS) is 32.6. The van der Waals surface area contributed by atoms with Crippen LogP contribution in [0.5, 0.6) is 0 Å². The third-order valence-corrected chi connectivity index (χ3v) is 6.88. The number of carbonyl (C=O) groups is 2. The number of hydrogen-bond donors (Lipinski definition) is 1. The number of benzene rings is 1. The Morgan fingerprint density at radius 1 is 1.21 bits per heavy atom. The van der Waals surface area contributed by atoms with Gasteiger partial charge in [0.15, 0.2) is 0 Å². The van der Waals surface area contributed by atoms with Crippen molar-refractivity contribution < 1.29 is 14.3 Å². The largest absolute Gasteiger partial charge is 0.447 e. The minimum atomic E-state index is -0.349. The molecule has 3 fully saturated rings. The maximum atomic E-state index is 13.0. The fraction of sp³-hybridized carbons (Fsp3) is 0.652. The molecule has 152 valence electrons. The van der Waals surface area contributed by atoms with E-state index in [1.54, 1.807) is 0 Å². The first-order valence-electron chi connectivity index (χ1n) is 10.5. The Kier molecular flexibility index (Phi) is 4.67. The van der Waals surface area contributed by atoms with Crippen LogP contribution in [0.15, 0.2) is 24.3 Å². The van der Waals surface area contributed by atoms with E-state index in [0.29, 0.717) is 25.4 Å². The summed E-state index contributed by atoms with van der Waals surface area (Å²) in [5, 5.41) is 2.88. The highest BCUT2D eigenvalue weighted by Gasteiger charge is 2.53. The molecule has 0 aromatic heterocycles. The van der Waals surface area contributed by atoms with E-state index in [9.17, 15) is 9.59 Å². The number of ether oxygens (including phenoxy) is 1. The Bertz CT molecular complexity index is 759. The molecule has 5 heteroatoms. The maximum Gasteiger partial charge on any atom is 0.407 e. The van der Waals surface area contributed by atoms with Crippen LogP contribution in [0.25, 0.3) is 0 Å². The fourth-order valence-corrected chi connectivity index (χ4v) is 5.06. The molecule has 28 heavy (non-hydrogen) atoms. The highest BCUT2D eigenvalue weighted by atomic mass is 16.6. The van der Waals surface area contributed by atoms with Crippen molar-refractivity contribution in [1.29, 1.82) is 0 Å². The van der Waals surface area contributed by atoms with Gasteiger partial charge in [-0.25, -0.2) is 4.79 Å². The zero-order valence-corrected chi connectivity index (χ0v) is 17.5. The smallest absolute Gasteiger partial charge is 0.407 e. The van der Waals surface area contributed by atoms with E-state index in [1.165, 1.54) is 11.1 Å². The van der Waals surface area contributed by atoms with Gasteiger partial charge in [0.05, 0.1) is 5.54 Å². The van der Waals surface area contributed by atoms with Crippen molar-refractivity contribution in [1.82, 2.24) is 10.2 Å². The Hall–Kier alpha value is -2.04. The molecule has 2 aliphatic heterocycles. The topological polar surface area (TPSA) is 58.6 Å². The molecule has 2 atom stereocenters. The molecule has 1 N–H and O–H groups in total. The lowest BCUT2D eigenvalue weighted by Gasteiger charge is -2.46. The summed E-state index contributed by atoms with van der Waals surface area (Å²) in [5.74, 6) is 0.788. The van der Waals surface area contributed by atoms with Crippen LogP contribution in [0, 0.1) is 5.92 Å². The summed E-state index contributed by atoms with van der Waals surface area (Å²) in [7, 11) is 0. The molecule has 0 radical (unpaired) electrons. The third kappa shape index (κ3) is 3.51. The number of cyclic esters (lactones) is 1. The molecule has 0 unspecified atom stereocenters. The molecule has 1 aliphatic carbocycles. The summed E-state index contributed by atoms with van der Waals surface area (Å²) >= 11 is 0. The lowest BCUT2D eigenvalue weighted by Crippen LogP contribution is -2.59. The Morgan fingerprint density at radius 2 is 1.89 bits per heavy atom. The van der Waals surface area contributed by atoms with E-state index in [1.807, 2.05) is 0 Å². The average molecular weight is 385 g/mol. The lowest BCUT2D eigenvalue weighted by atomic mass is 9.68. The molecular formula is C23H32N2O3. The number of rotatable bonds is 2. The molecule has 1 aromatic carbocycles. The predicted octanol–water partition coefficient (Wildman–Crippen LogP) is 3.97. The number of piperidine rings is 1. The minimum absolute atomic E-state index is 0.0204. The van der Waals surface area contributed by atoms with Crippen molar-refractivity contribution in [3.8, 4) is 0 Å². The van der Waals surface area contributed by atoms with E-state index in [2.05, 4.69) is 62.2 Å². The first-order valence-corrected chi connectivity index (χ1v) is 10.5. The molecule has 1 spiro atoms. The average Bonchev–Trinajstić information content (AvgIpc) is 3.01. The van der Waals surface area contributed by atoms with Crippen molar-refractivity contribution >= 4 is 12.0 Å². The van der Waals surface area contributed by atoms with Crippen molar-refractivity contribution in [3.05, 3.63) is 35.4 Å². The number of nitrogens with zero attached hydrogens (tertiary/aromatic N) is 1. The van der Waals surface area contributed by atoms with Crippen LogP contribution >= 0.6 is 0 Å². The van der Waals surface area contributed by atoms with Gasteiger partial charge in [0, 0.05) is 18.5 Å². The van der Waals surface area contributed by atoms with Crippen LogP contribution in [0.2, 0.25) is 0 Å². The number of amides is 2. The quantitative estimate of drug-likeness (QED) is 0.839. The van der Waals surface area contributed by atoms with E-state index in [4.69, 9.17) is 4.74 Å². The zero-order chi connectivity index (χ0) is 20.1. The highest BCUT2D eigenvalue weighted by Crippen LogP contribution is 2.43. The fourth-order valence-electron chi connectivity index (χ4n) is 5.06. The van der Waals surface area contributed by atoms with Gasteiger partial charge in [-0.3, -0.25) is 4.79 Å². The van der Waals surface area contributed by atoms with Crippen LogP contribution in [0.4, 0.5) is 4.79 Å². The standard InChI is InChI=1S/C23H32N2O3/c1-15-11-17(16-5-7-19(8-6-16)22(2,3)4)9-10-25(15)20(26)18-12-23(13-18)14-28-21(27)24-23/h5-8,15,17-18H,9-14H2,1-4H3,(H,24,27)/t15-,17+,18-,23+/m1/s1. The lowest BCUT2D eigenvalue weighted by molar-refractivity contribution is -0.144. The van der Waals surface area contributed by atoms with Crippen LogP contribution in [-0.2, 0) is 14.9 Å². The Morgan fingerprint density at radius 3 is 2.43 bits per heavy atom. The summed E-state index contributed by atoms with van der Waals surface area (Å²) in [4.78, 5) is 26.3. The van der Waals surface area contributed by atoms with Gasteiger partial charge in [-0.2, -0.15) is 0 Å². The van der Waals surface area contributed by atoms with Gasteiger partial charge in [-0.05, 0) is 55.1 Å². The monoisotopic (exact) mass is 384 g/mol. The number of carbonyl (C=O) groups excluding carboxylic acids is 2. The molecule has 3 aliphatic rings. The van der Waals surface area contributed by atoms with Gasteiger partial charge in [-0.15, -0.1) is 0 Å². The summed E-state index contributed by atoms with van der Waals surface area (Å²) in [6, 6.07) is 9.30. The molecule has 1 saturated carbocycles. The van der Waals surface area contributed by atoms with Gasteiger partial charge < -0.3 is 15.0 Å². The van der Waals surface area contributed by atoms with Crippen molar-refractivity contribution in [3.63, 3.8) is 0 Å². The molecule has 2 amide bonds. The Balaban J connectivity index is 1.34. The molecular weight excluding hydrogens is 352 g/mol. The van der Waals surface area contributed by atoms with E-state index in [-0.39, 0.29) is 34.9 Å². The third-order valence-electron chi connectivity index (χ3n) is 6.88. The van der Waals surface area contributed by atoms with Gasteiger partial charge in [-0.1, -0.05) is 45.0 Å². The second kappa shape index (κ2) is 6.78. The Labute approximate surface area is 167 Å². The summed E-state index contributed by atoms with van der Waals surface area (Å²) in [6.07, 6.45) is 3.09. The molecule has 5 nitrogen and oxygen atoms in total. The van der Waals surface area contributed by atoms with E-state index < -0.39 is 0 Å². The first kappa shape index (κ1) is 19.3. The van der Waals surface area contributed by atoms with Gasteiger partial charge in [0.25, 0.3) is 0 Å². The van der Waals surface area contributed by atoms with Crippen molar-refractivity contribution in [2.24, 2.45) is 5.92 Å². The number of nitrogens with one attached hydrogen (secondary N) is 1. The molecule has 2 heterocycles. The van der Waals surface area contributed by atoms with Crippen LogP contribution < -0.4 is 5.32 Å². The first-order chi connectivity index (χ1) is 13.2. The van der Waals surface area contributed by atoms with E-state index >= 15 is 0 Å². The zero-order valence-electron chi connectivity index (χ0n) is 17.5. The summed E-state index contributed by atoms with van der Waals surface area (Å²) in [6.45, 7) is 10.1. The highest BCUT2D eigenvalue weighted by molar-refractivity contribution is 5.82. The second-order valence-electron chi connectivity index (χ2n) is 10.1. The van der Waals surface area contributed by atoms with Crippen LogP contribution in [0.1, 0.15) is 70.4 Å². The molecule has 1 aromatic rings. The van der Waals surface area contributed by atoms with Crippen molar-refractivity contribution in [2.75, 3.05) is 13.2 Å². The number of likely N-dealkylation sites (tertiary alicyclic amines) is 1. The van der Waals surface area contributed by atoms with Gasteiger partial charge in [0.2, 0.25) is 5.91 Å². The summed E-state index contributed by atoms with van der Waals surface area (Å²) in [5.41, 5.74) is 2.64. The maximum absolute atomic E-state index is 13.0. The van der Waals surface area contributed by atoms with Gasteiger partial charge in [0.1, 0.15) is 6.61 Å². The molecule has 0 bridgehead atoms. The van der Waals surface area contributed by atoms with Crippen LogP contribution in [0.3, 0.4) is 0 Å². The second-order valence-corrected chi connectivity index (χ2v) is 10.1. The molecule has 4 rings (SSSR count). The molecule has 2 saturated heterocycles. The van der Waals surface area contributed by atoms with Gasteiger partial charge >= 0.3 is 6.09 Å². The number of alkyl carbamates (subject to hydrolysis) is 1. The summed E-state index contributed by atoms with van der Waals surface area (Å²) < 4.78 is 5.02. The van der Waals surface area contributed by atoms with Crippen LogP contribution in [-0.4, -0.2) is 41.6 Å². The van der Waals surface area contributed by atoms with E-state index in [0.717, 1.165) is 19.4 Å². The van der Waals surface area contributed by atoms with Crippen molar-refractivity contribution in [2.45, 2.75) is 76.3 Å². The predicted molar refractivity (Wildman–Crippen MR) is 108 cm³/mol. The SMILES string of the molecule is C[C@@H]1C[C@@H](c2ccc(C(C)(C)C)cc2)CCN1C(=O)[C@H]1C[C@]2(COC(=O)N2)C1.